The predicted octanol–water partition coefficient (Wildman–Crippen LogP) is 2.37. The van der Waals surface area contributed by atoms with Gasteiger partial charge in [-0.15, -0.1) is 5.10 Å². The van der Waals surface area contributed by atoms with E-state index in [1.165, 1.54) is 10.6 Å². The van der Waals surface area contributed by atoms with Crippen molar-refractivity contribution in [2.24, 2.45) is 0 Å². The van der Waals surface area contributed by atoms with E-state index in [9.17, 15) is 9.59 Å². The fourth-order valence-electron chi connectivity index (χ4n) is 4.88. The lowest BCUT2D eigenvalue weighted by molar-refractivity contribution is -0.162. The van der Waals surface area contributed by atoms with Gasteiger partial charge in [-0.2, -0.15) is 9.50 Å². The van der Waals surface area contributed by atoms with Crippen LogP contribution in [-0.2, 0) is 20.9 Å². The molecule has 3 aliphatic rings. The molecule has 1 saturated heterocycles. The molecule has 0 bridgehead atoms. The van der Waals surface area contributed by atoms with Crippen molar-refractivity contribution >= 4 is 11.7 Å². The molecule has 32 heavy (non-hydrogen) atoms. The van der Waals surface area contributed by atoms with Gasteiger partial charge in [-0.25, -0.2) is 0 Å². The van der Waals surface area contributed by atoms with Crippen LogP contribution in [0.2, 0.25) is 0 Å². The van der Waals surface area contributed by atoms with Gasteiger partial charge < -0.3 is 19.8 Å². The Bertz CT molecular complexity index is 1080. The van der Waals surface area contributed by atoms with E-state index in [1.54, 1.807) is 0 Å². The largest absolute Gasteiger partial charge is 0.376 e. The van der Waals surface area contributed by atoms with Gasteiger partial charge in [-0.05, 0) is 39.0 Å². The molecule has 9 heteroatoms. The summed E-state index contributed by atoms with van der Waals surface area (Å²) in [4.78, 5) is 33.7. The van der Waals surface area contributed by atoms with E-state index in [1.807, 2.05) is 6.92 Å². The molecule has 2 aromatic rings. The zero-order valence-corrected chi connectivity index (χ0v) is 18.6. The Balaban J connectivity index is 1.34. The molecule has 1 saturated carbocycles. The van der Waals surface area contributed by atoms with Crippen LogP contribution in [0, 0.1) is 0 Å². The number of aromatic amines is 1. The van der Waals surface area contributed by atoms with Crippen LogP contribution < -0.4 is 10.9 Å². The summed E-state index contributed by atoms with van der Waals surface area (Å²) in [5.41, 5.74) is -0.859. The Labute approximate surface area is 186 Å². The van der Waals surface area contributed by atoms with E-state index in [2.05, 4.69) is 32.5 Å². The van der Waals surface area contributed by atoms with Gasteiger partial charge in [-0.1, -0.05) is 31.4 Å². The summed E-state index contributed by atoms with van der Waals surface area (Å²) < 4.78 is 12.9. The van der Waals surface area contributed by atoms with Gasteiger partial charge in [0.15, 0.2) is 5.82 Å². The minimum Gasteiger partial charge on any atom is -0.376 e. The average molecular weight is 442 g/mol. The number of hydrogen-bond donors (Lipinski definition) is 2. The minimum absolute atomic E-state index is 0.0819. The van der Waals surface area contributed by atoms with Crippen LogP contribution in [0.4, 0.5) is 0 Å². The van der Waals surface area contributed by atoms with E-state index in [0.717, 1.165) is 38.5 Å². The average Bonchev–Trinajstić information content (AvgIpc) is 3.23. The molecule has 2 N–H and O–H groups in total. The van der Waals surface area contributed by atoms with Crippen molar-refractivity contribution in [2.45, 2.75) is 82.0 Å². The molecule has 0 spiro atoms. The Kier molecular flexibility index (Phi) is 5.63. The van der Waals surface area contributed by atoms with Crippen molar-refractivity contribution in [2.75, 3.05) is 13.2 Å². The number of ether oxygens (including phenoxy) is 2. The molecule has 0 radical (unpaired) electrons. The van der Waals surface area contributed by atoms with E-state index in [0.29, 0.717) is 43.4 Å². The number of carbonyl (C=O) groups excluding carboxylic acids is 1. The number of nitrogens with one attached hydrogen (secondary N) is 2. The summed E-state index contributed by atoms with van der Waals surface area (Å²) in [5, 5.41) is 7.56. The number of fused-ring (bicyclic) bond motifs is 1. The zero-order valence-electron chi connectivity index (χ0n) is 18.6. The summed E-state index contributed by atoms with van der Waals surface area (Å²) in [7, 11) is 0. The third-order valence-electron chi connectivity index (χ3n) is 6.87. The fourth-order valence-corrected chi connectivity index (χ4v) is 4.88. The molecule has 5 rings (SSSR count). The fraction of sp³-hybridized carbons (Fsp3) is 0.652. The van der Waals surface area contributed by atoms with Crippen LogP contribution >= 0.6 is 0 Å². The summed E-state index contributed by atoms with van der Waals surface area (Å²) in [6.07, 6.45) is 11.5. The van der Waals surface area contributed by atoms with Crippen molar-refractivity contribution in [1.29, 1.82) is 0 Å². The SMILES string of the molecule is CC1(NC(=O)C2(OCc3cc(=O)n4nc(C5CC=CCC5)nc4[nH]3)CCCCC2)COC1. The molecular formula is C23H31N5O4. The second-order valence-corrected chi connectivity index (χ2v) is 9.67. The number of amides is 1. The van der Waals surface area contributed by atoms with Gasteiger partial charge in [0.25, 0.3) is 11.5 Å². The maximum Gasteiger partial charge on any atom is 0.275 e. The van der Waals surface area contributed by atoms with Gasteiger partial charge in [0.2, 0.25) is 5.78 Å². The van der Waals surface area contributed by atoms with Crippen molar-refractivity contribution in [1.82, 2.24) is 24.9 Å². The Morgan fingerprint density at radius 3 is 2.81 bits per heavy atom. The smallest absolute Gasteiger partial charge is 0.275 e. The standard InChI is InChI=1S/C23H31N5O4/c1-22(14-31-15-22)26-20(30)23(10-6-3-7-11-23)32-13-17-12-18(29)28-21(24-17)25-19(27-28)16-8-4-2-5-9-16/h2,4,12,16H,3,5-11,13-15H2,1H3,(H,26,30)(H,24,25,27). The molecule has 1 aliphatic heterocycles. The summed E-state index contributed by atoms with van der Waals surface area (Å²) >= 11 is 0. The summed E-state index contributed by atoms with van der Waals surface area (Å²) in [6, 6.07) is 1.49. The molecule has 172 valence electrons. The second-order valence-electron chi connectivity index (χ2n) is 9.67. The summed E-state index contributed by atoms with van der Waals surface area (Å²) in [6.45, 7) is 3.16. The van der Waals surface area contributed by atoms with Crippen LogP contribution in [-0.4, -0.2) is 49.8 Å². The first kappa shape index (κ1) is 21.3. The lowest BCUT2D eigenvalue weighted by Crippen LogP contribution is -2.64. The molecule has 1 atom stereocenters. The van der Waals surface area contributed by atoms with Crippen LogP contribution in [0.25, 0.3) is 5.78 Å². The maximum atomic E-state index is 13.2. The molecule has 2 fully saturated rings. The van der Waals surface area contributed by atoms with Crippen LogP contribution in [0.15, 0.2) is 23.0 Å². The number of nitrogens with zero attached hydrogens (tertiary/aromatic N) is 3. The lowest BCUT2D eigenvalue weighted by atomic mass is 9.83. The summed E-state index contributed by atoms with van der Waals surface area (Å²) in [5.74, 6) is 1.27. The van der Waals surface area contributed by atoms with E-state index >= 15 is 0 Å². The van der Waals surface area contributed by atoms with Crippen LogP contribution in [0.5, 0.6) is 0 Å². The quantitative estimate of drug-likeness (QED) is 0.666. The highest BCUT2D eigenvalue weighted by atomic mass is 16.5. The molecule has 0 aromatic carbocycles. The topological polar surface area (TPSA) is 111 Å². The lowest BCUT2D eigenvalue weighted by Gasteiger charge is -2.43. The van der Waals surface area contributed by atoms with Gasteiger partial charge in [0.1, 0.15) is 5.60 Å². The van der Waals surface area contributed by atoms with E-state index < -0.39 is 5.60 Å². The number of hydrogen-bond acceptors (Lipinski definition) is 6. The monoisotopic (exact) mass is 441 g/mol. The number of allylic oxidation sites excluding steroid dienone is 2. The number of rotatable bonds is 6. The maximum absolute atomic E-state index is 13.2. The van der Waals surface area contributed by atoms with Gasteiger partial charge in [0.05, 0.1) is 25.4 Å². The first-order valence-corrected chi connectivity index (χ1v) is 11.6. The normalized spacial score (nSPS) is 24.2. The Morgan fingerprint density at radius 2 is 2.12 bits per heavy atom. The van der Waals surface area contributed by atoms with Crippen molar-refractivity contribution in [3.8, 4) is 0 Å². The van der Waals surface area contributed by atoms with Crippen LogP contribution in [0.3, 0.4) is 0 Å². The highest BCUT2D eigenvalue weighted by Gasteiger charge is 2.45. The van der Waals surface area contributed by atoms with Gasteiger partial charge >= 0.3 is 0 Å². The first-order valence-electron chi connectivity index (χ1n) is 11.6. The number of carbonyl (C=O) groups is 1. The molecule has 1 amide bonds. The van der Waals surface area contributed by atoms with E-state index in [-0.39, 0.29) is 29.5 Å². The Morgan fingerprint density at radius 1 is 1.31 bits per heavy atom. The number of aromatic nitrogens is 4. The molecule has 1 unspecified atom stereocenters. The zero-order chi connectivity index (χ0) is 22.2. The van der Waals surface area contributed by atoms with Crippen molar-refractivity contribution in [3.63, 3.8) is 0 Å². The molecular weight excluding hydrogens is 410 g/mol. The molecule has 9 nitrogen and oxygen atoms in total. The highest BCUT2D eigenvalue weighted by molar-refractivity contribution is 5.86. The number of H-pyrrole nitrogens is 1. The Hall–Kier alpha value is -2.52. The second kappa shape index (κ2) is 8.44. The third-order valence-corrected chi connectivity index (χ3v) is 6.87. The molecule has 2 aliphatic carbocycles. The van der Waals surface area contributed by atoms with Crippen molar-refractivity contribution in [3.05, 3.63) is 40.1 Å². The first-order chi connectivity index (χ1) is 15.5. The van der Waals surface area contributed by atoms with Gasteiger partial charge in [-0.3, -0.25) is 9.59 Å². The van der Waals surface area contributed by atoms with Crippen LogP contribution in [0.1, 0.15) is 75.7 Å². The molecule has 3 heterocycles. The highest BCUT2D eigenvalue weighted by Crippen LogP contribution is 2.34. The third kappa shape index (κ3) is 4.11. The molecule has 2 aromatic heterocycles. The minimum atomic E-state index is -0.882. The van der Waals surface area contributed by atoms with E-state index in [4.69, 9.17) is 9.47 Å². The van der Waals surface area contributed by atoms with Crippen molar-refractivity contribution < 1.29 is 14.3 Å². The predicted molar refractivity (Wildman–Crippen MR) is 117 cm³/mol. The van der Waals surface area contributed by atoms with Gasteiger partial charge in [0, 0.05) is 17.7 Å².